The summed E-state index contributed by atoms with van der Waals surface area (Å²) in [6.45, 7) is -0.0580. The van der Waals surface area contributed by atoms with Gasteiger partial charge in [-0.3, -0.25) is 4.79 Å². The van der Waals surface area contributed by atoms with Crippen molar-refractivity contribution >= 4 is 40.4 Å². The smallest absolute Gasteiger partial charge is 0.259 e. The third-order valence-electron chi connectivity index (χ3n) is 2.53. The average Bonchev–Trinajstić information content (AvgIpc) is 2.82. The standard InChI is InChI=1S/C13H11N3O3S2/c1-18-11-6-9(2-3-10(11)19-5-4-14)7-15-16-12(17)8-21-13(16)20/h2-3,6-7H,5,8H2,1H3/b15-7-. The van der Waals surface area contributed by atoms with Crippen molar-refractivity contribution < 1.29 is 14.3 Å². The molecule has 1 aromatic rings. The van der Waals surface area contributed by atoms with Gasteiger partial charge in [-0.15, -0.1) is 0 Å². The minimum atomic E-state index is -0.137. The number of carbonyl (C=O) groups is 1. The second kappa shape index (κ2) is 7.06. The molecule has 0 unspecified atom stereocenters. The molecule has 21 heavy (non-hydrogen) atoms. The van der Waals surface area contributed by atoms with Gasteiger partial charge in [-0.25, -0.2) is 0 Å². The summed E-state index contributed by atoms with van der Waals surface area (Å²) < 4.78 is 10.9. The van der Waals surface area contributed by atoms with Crippen LogP contribution in [0.1, 0.15) is 5.56 Å². The van der Waals surface area contributed by atoms with E-state index in [0.717, 1.165) is 5.56 Å². The van der Waals surface area contributed by atoms with Crippen LogP contribution in [-0.4, -0.2) is 40.9 Å². The second-order valence-corrected chi connectivity index (χ2v) is 5.47. The number of hydrazone groups is 1. The van der Waals surface area contributed by atoms with E-state index in [4.69, 9.17) is 27.0 Å². The molecule has 0 atom stereocenters. The van der Waals surface area contributed by atoms with Gasteiger partial charge in [-0.05, 0) is 23.8 Å². The van der Waals surface area contributed by atoms with Crippen molar-refractivity contribution in [2.45, 2.75) is 0 Å². The summed E-state index contributed by atoms with van der Waals surface area (Å²) in [7, 11) is 1.51. The zero-order chi connectivity index (χ0) is 15.2. The number of hydrogen-bond donors (Lipinski definition) is 0. The maximum Gasteiger partial charge on any atom is 0.259 e. The highest BCUT2D eigenvalue weighted by atomic mass is 32.2. The maximum absolute atomic E-state index is 11.5. The molecule has 1 fully saturated rings. The zero-order valence-corrected chi connectivity index (χ0v) is 12.7. The first-order valence-electron chi connectivity index (χ1n) is 5.87. The largest absolute Gasteiger partial charge is 0.493 e. The summed E-state index contributed by atoms with van der Waals surface area (Å²) >= 11 is 6.32. The number of nitriles is 1. The van der Waals surface area contributed by atoms with Gasteiger partial charge in [0.05, 0.1) is 19.1 Å². The summed E-state index contributed by atoms with van der Waals surface area (Å²) in [5, 5.41) is 13.8. The van der Waals surface area contributed by atoms with Gasteiger partial charge in [-0.2, -0.15) is 15.4 Å². The van der Waals surface area contributed by atoms with Crippen LogP contribution in [0.4, 0.5) is 0 Å². The molecule has 1 amide bonds. The number of amides is 1. The Bertz CT molecular complexity index is 624. The molecule has 2 rings (SSSR count). The lowest BCUT2D eigenvalue weighted by Gasteiger charge is -2.09. The molecule has 1 saturated heterocycles. The summed E-state index contributed by atoms with van der Waals surface area (Å²) in [5.41, 5.74) is 0.726. The summed E-state index contributed by atoms with van der Waals surface area (Å²) in [4.78, 5) is 11.5. The van der Waals surface area contributed by atoms with Crippen LogP contribution in [0.25, 0.3) is 0 Å². The first-order valence-corrected chi connectivity index (χ1v) is 7.26. The molecule has 0 bridgehead atoms. The van der Waals surface area contributed by atoms with Crippen LogP contribution in [0.5, 0.6) is 11.5 Å². The van der Waals surface area contributed by atoms with E-state index < -0.39 is 0 Å². The van der Waals surface area contributed by atoms with Crippen LogP contribution < -0.4 is 9.47 Å². The van der Waals surface area contributed by atoms with E-state index in [-0.39, 0.29) is 12.5 Å². The lowest BCUT2D eigenvalue weighted by Crippen LogP contribution is -2.22. The summed E-state index contributed by atoms with van der Waals surface area (Å²) in [5.74, 6) is 1.14. The molecule has 0 spiro atoms. The van der Waals surface area contributed by atoms with Crippen molar-refractivity contribution in [3.63, 3.8) is 0 Å². The molecule has 8 heteroatoms. The monoisotopic (exact) mass is 321 g/mol. The van der Waals surface area contributed by atoms with E-state index in [2.05, 4.69) is 5.10 Å². The van der Waals surface area contributed by atoms with E-state index >= 15 is 0 Å². The lowest BCUT2D eigenvalue weighted by molar-refractivity contribution is -0.123. The van der Waals surface area contributed by atoms with Crippen molar-refractivity contribution in [1.82, 2.24) is 5.01 Å². The van der Waals surface area contributed by atoms with Crippen LogP contribution >= 0.6 is 24.0 Å². The molecule has 0 N–H and O–H groups in total. The highest BCUT2D eigenvalue weighted by Gasteiger charge is 2.25. The number of rotatable bonds is 5. The molecule has 1 aliphatic heterocycles. The lowest BCUT2D eigenvalue weighted by atomic mass is 10.2. The highest BCUT2D eigenvalue weighted by molar-refractivity contribution is 8.23. The third-order valence-corrected chi connectivity index (χ3v) is 3.87. The maximum atomic E-state index is 11.5. The molecule has 1 heterocycles. The first kappa shape index (κ1) is 15.3. The average molecular weight is 321 g/mol. The fourth-order valence-corrected chi connectivity index (χ4v) is 2.54. The normalized spacial score (nSPS) is 14.6. The quantitative estimate of drug-likeness (QED) is 0.608. The van der Waals surface area contributed by atoms with Gasteiger partial charge in [0.25, 0.3) is 5.91 Å². The Morgan fingerprint density at radius 1 is 1.57 bits per heavy atom. The Morgan fingerprint density at radius 2 is 2.38 bits per heavy atom. The van der Waals surface area contributed by atoms with Gasteiger partial charge in [-0.1, -0.05) is 24.0 Å². The fraction of sp³-hybridized carbons (Fsp3) is 0.231. The highest BCUT2D eigenvalue weighted by Crippen LogP contribution is 2.27. The number of ether oxygens (including phenoxy) is 2. The Balaban J connectivity index is 2.15. The molecule has 0 aliphatic carbocycles. The van der Waals surface area contributed by atoms with Crippen molar-refractivity contribution in [2.75, 3.05) is 19.5 Å². The number of hydrogen-bond acceptors (Lipinski definition) is 7. The molecule has 108 valence electrons. The number of methoxy groups -OCH3 is 1. The van der Waals surface area contributed by atoms with Crippen molar-refractivity contribution in [3.05, 3.63) is 23.8 Å². The second-order valence-electron chi connectivity index (χ2n) is 3.86. The molecule has 0 saturated carbocycles. The van der Waals surface area contributed by atoms with Crippen LogP contribution in [0.15, 0.2) is 23.3 Å². The third kappa shape index (κ3) is 3.71. The fourth-order valence-electron chi connectivity index (χ4n) is 1.58. The number of thiocarbonyl (C=S) groups is 1. The van der Waals surface area contributed by atoms with Gasteiger partial charge in [0.15, 0.2) is 22.4 Å². The van der Waals surface area contributed by atoms with Crippen molar-refractivity contribution in [3.8, 4) is 17.6 Å². The van der Waals surface area contributed by atoms with E-state index in [1.165, 1.54) is 30.1 Å². The summed E-state index contributed by atoms with van der Waals surface area (Å²) in [6.07, 6.45) is 1.52. The molecule has 6 nitrogen and oxygen atoms in total. The Hall–Kier alpha value is -2.11. The van der Waals surface area contributed by atoms with Gasteiger partial charge >= 0.3 is 0 Å². The number of nitrogens with zero attached hydrogens (tertiary/aromatic N) is 3. The van der Waals surface area contributed by atoms with Gasteiger partial charge in [0.1, 0.15) is 6.07 Å². The Morgan fingerprint density at radius 3 is 3.00 bits per heavy atom. The molecule has 1 aromatic carbocycles. The van der Waals surface area contributed by atoms with Crippen LogP contribution in [-0.2, 0) is 4.79 Å². The van der Waals surface area contributed by atoms with E-state index in [0.29, 0.717) is 21.6 Å². The van der Waals surface area contributed by atoms with E-state index in [1.807, 2.05) is 6.07 Å². The van der Waals surface area contributed by atoms with Crippen LogP contribution in [0.2, 0.25) is 0 Å². The van der Waals surface area contributed by atoms with Crippen molar-refractivity contribution in [2.24, 2.45) is 5.10 Å². The first-order chi connectivity index (χ1) is 10.2. The number of carbonyl (C=O) groups excluding carboxylic acids is 1. The number of benzene rings is 1. The summed E-state index contributed by atoms with van der Waals surface area (Å²) in [6, 6.07) is 7.01. The molecule has 0 aromatic heterocycles. The van der Waals surface area contributed by atoms with E-state index in [9.17, 15) is 4.79 Å². The SMILES string of the molecule is COc1cc(/C=N\N2C(=O)CSC2=S)ccc1OCC#N. The van der Waals surface area contributed by atoms with Crippen LogP contribution in [0.3, 0.4) is 0 Å². The molecule has 0 radical (unpaired) electrons. The molecular weight excluding hydrogens is 310 g/mol. The zero-order valence-electron chi connectivity index (χ0n) is 11.1. The molecular formula is C13H11N3O3S2. The minimum absolute atomic E-state index is 0.0580. The Kier molecular flexibility index (Phi) is 5.14. The topological polar surface area (TPSA) is 74.9 Å². The van der Waals surface area contributed by atoms with Crippen LogP contribution in [0, 0.1) is 11.3 Å². The number of thioether (sulfide) groups is 1. The van der Waals surface area contributed by atoms with Gasteiger partial charge in [0.2, 0.25) is 0 Å². The van der Waals surface area contributed by atoms with Crippen molar-refractivity contribution in [1.29, 1.82) is 5.26 Å². The molecule has 1 aliphatic rings. The van der Waals surface area contributed by atoms with Gasteiger partial charge < -0.3 is 9.47 Å². The van der Waals surface area contributed by atoms with Gasteiger partial charge in [0, 0.05) is 0 Å². The predicted octanol–water partition coefficient (Wildman–Crippen LogP) is 1.79. The minimum Gasteiger partial charge on any atom is -0.493 e. The predicted molar refractivity (Wildman–Crippen MR) is 83.6 cm³/mol. The Labute approximate surface area is 131 Å². The van der Waals surface area contributed by atoms with E-state index in [1.54, 1.807) is 18.2 Å².